The Morgan fingerprint density at radius 3 is 2.32 bits per heavy atom. The average Bonchev–Trinajstić information content (AvgIpc) is 2.25. The molecule has 2 aromatic carbocycles. The average molecular weight is 271 g/mol. The largest absolute Gasteiger partial charge is 0.573 e. The first-order valence-electron chi connectivity index (χ1n) is 5.26. The number of hydrogen-bond acceptors (Lipinski definition) is 2. The van der Waals surface area contributed by atoms with Crippen molar-refractivity contribution in [2.75, 3.05) is 5.73 Å². The van der Waals surface area contributed by atoms with Crippen LogP contribution in [-0.2, 0) is 0 Å². The number of halogens is 4. The molecule has 100 valence electrons. The molecule has 6 heteroatoms. The van der Waals surface area contributed by atoms with E-state index in [2.05, 4.69) is 4.74 Å². The Morgan fingerprint density at radius 2 is 1.68 bits per heavy atom. The zero-order valence-corrected chi connectivity index (χ0v) is 9.54. The highest BCUT2D eigenvalue weighted by atomic mass is 19.4. The molecule has 0 radical (unpaired) electrons. The van der Waals surface area contributed by atoms with Gasteiger partial charge in [0, 0.05) is 11.8 Å². The lowest BCUT2D eigenvalue weighted by atomic mass is 10.0. The van der Waals surface area contributed by atoms with Crippen LogP contribution < -0.4 is 10.5 Å². The molecule has 0 heterocycles. The molecule has 0 aliphatic rings. The van der Waals surface area contributed by atoms with Crippen LogP contribution in [0.1, 0.15) is 0 Å². The van der Waals surface area contributed by atoms with Crippen LogP contribution >= 0.6 is 0 Å². The van der Waals surface area contributed by atoms with Crippen molar-refractivity contribution in [3.05, 3.63) is 48.3 Å². The number of nitrogen functional groups attached to an aromatic ring is 1. The van der Waals surface area contributed by atoms with Gasteiger partial charge in [0.1, 0.15) is 11.6 Å². The second-order valence-corrected chi connectivity index (χ2v) is 3.85. The molecule has 19 heavy (non-hydrogen) atoms. The maximum Gasteiger partial charge on any atom is 0.573 e. The number of rotatable bonds is 2. The molecular weight excluding hydrogens is 262 g/mol. The molecule has 0 aliphatic heterocycles. The van der Waals surface area contributed by atoms with Crippen molar-refractivity contribution in [3.8, 4) is 16.9 Å². The summed E-state index contributed by atoms with van der Waals surface area (Å²) in [5, 5.41) is 0. The van der Waals surface area contributed by atoms with E-state index in [0.717, 1.165) is 12.1 Å². The van der Waals surface area contributed by atoms with E-state index in [0.29, 0.717) is 11.1 Å². The molecule has 0 atom stereocenters. The van der Waals surface area contributed by atoms with Gasteiger partial charge in [-0.2, -0.15) is 0 Å². The van der Waals surface area contributed by atoms with Gasteiger partial charge in [-0.1, -0.05) is 12.1 Å². The monoisotopic (exact) mass is 271 g/mol. The summed E-state index contributed by atoms with van der Waals surface area (Å²) < 4.78 is 53.3. The molecule has 0 unspecified atom stereocenters. The molecule has 2 nitrogen and oxygen atoms in total. The molecule has 0 aromatic heterocycles. The Kier molecular flexibility index (Phi) is 3.33. The van der Waals surface area contributed by atoms with Gasteiger partial charge >= 0.3 is 6.36 Å². The molecule has 0 saturated carbocycles. The van der Waals surface area contributed by atoms with E-state index in [-0.39, 0.29) is 5.69 Å². The molecule has 0 spiro atoms. The molecular formula is C13H9F4NO. The van der Waals surface area contributed by atoms with Crippen LogP contribution in [0.5, 0.6) is 5.75 Å². The third-order valence-electron chi connectivity index (χ3n) is 2.32. The van der Waals surface area contributed by atoms with Gasteiger partial charge in [-0.05, 0) is 35.4 Å². The van der Waals surface area contributed by atoms with Crippen molar-refractivity contribution in [1.29, 1.82) is 0 Å². The normalized spacial score (nSPS) is 11.4. The zero-order valence-electron chi connectivity index (χ0n) is 9.54. The Bertz CT molecular complexity index is 595. The smallest absolute Gasteiger partial charge is 0.406 e. The van der Waals surface area contributed by atoms with Gasteiger partial charge in [-0.15, -0.1) is 13.2 Å². The van der Waals surface area contributed by atoms with E-state index < -0.39 is 17.9 Å². The summed E-state index contributed by atoms with van der Waals surface area (Å²) in [5.41, 5.74) is 6.37. The van der Waals surface area contributed by atoms with E-state index in [4.69, 9.17) is 5.73 Å². The van der Waals surface area contributed by atoms with Crippen molar-refractivity contribution in [2.45, 2.75) is 6.36 Å². The van der Waals surface area contributed by atoms with Crippen LogP contribution in [0.2, 0.25) is 0 Å². The van der Waals surface area contributed by atoms with Crippen LogP contribution in [0, 0.1) is 5.82 Å². The predicted molar refractivity (Wildman–Crippen MR) is 62.9 cm³/mol. The number of alkyl halides is 3. The molecule has 2 aromatic rings. The number of hydrogen-bond donors (Lipinski definition) is 1. The van der Waals surface area contributed by atoms with Crippen LogP contribution in [0.25, 0.3) is 11.1 Å². The van der Waals surface area contributed by atoms with Crippen molar-refractivity contribution in [2.24, 2.45) is 0 Å². The first kappa shape index (κ1) is 13.2. The molecule has 2 N–H and O–H groups in total. The summed E-state index contributed by atoms with van der Waals surface area (Å²) in [6, 6.07) is 9.11. The first-order chi connectivity index (χ1) is 8.83. The lowest BCUT2D eigenvalue weighted by Crippen LogP contribution is -2.17. The van der Waals surface area contributed by atoms with Gasteiger partial charge in [0.15, 0.2) is 0 Å². The third kappa shape index (κ3) is 3.61. The predicted octanol–water partition coefficient (Wildman–Crippen LogP) is 3.97. The van der Waals surface area contributed by atoms with Crippen LogP contribution in [-0.4, -0.2) is 6.36 Å². The second kappa shape index (κ2) is 4.79. The molecule has 0 fully saturated rings. The molecule has 0 bridgehead atoms. The Balaban J connectivity index is 2.42. The van der Waals surface area contributed by atoms with Gasteiger partial charge in [-0.3, -0.25) is 0 Å². The minimum absolute atomic E-state index is 0.0982. The number of ether oxygens (including phenoxy) is 1. The summed E-state index contributed by atoms with van der Waals surface area (Å²) in [6.45, 7) is 0. The Hall–Kier alpha value is -2.24. The molecule has 0 saturated heterocycles. The SMILES string of the molecule is Nc1cc(OC(F)(F)F)cc(-c2cccc(F)c2)c1. The summed E-state index contributed by atoms with van der Waals surface area (Å²) >= 11 is 0. The van der Waals surface area contributed by atoms with Crippen molar-refractivity contribution in [3.63, 3.8) is 0 Å². The van der Waals surface area contributed by atoms with Crippen molar-refractivity contribution >= 4 is 5.69 Å². The van der Waals surface area contributed by atoms with Gasteiger partial charge in [0.25, 0.3) is 0 Å². The fourth-order valence-electron chi connectivity index (χ4n) is 1.65. The number of benzene rings is 2. The van der Waals surface area contributed by atoms with E-state index in [1.165, 1.54) is 24.3 Å². The highest BCUT2D eigenvalue weighted by molar-refractivity contribution is 5.69. The van der Waals surface area contributed by atoms with Gasteiger partial charge in [0.05, 0.1) is 0 Å². The van der Waals surface area contributed by atoms with Crippen molar-refractivity contribution in [1.82, 2.24) is 0 Å². The zero-order chi connectivity index (χ0) is 14.0. The van der Waals surface area contributed by atoms with Crippen LogP contribution in [0.15, 0.2) is 42.5 Å². The minimum atomic E-state index is -4.80. The lowest BCUT2D eigenvalue weighted by Gasteiger charge is -2.11. The summed E-state index contributed by atoms with van der Waals surface area (Å²) in [5.74, 6) is -0.926. The molecule has 2 rings (SSSR count). The van der Waals surface area contributed by atoms with Crippen LogP contribution in [0.3, 0.4) is 0 Å². The first-order valence-corrected chi connectivity index (χ1v) is 5.26. The van der Waals surface area contributed by atoms with E-state index >= 15 is 0 Å². The minimum Gasteiger partial charge on any atom is -0.406 e. The molecule has 0 aliphatic carbocycles. The van der Waals surface area contributed by atoms with Gasteiger partial charge in [0.2, 0.25) is 0 Å². The Labute approximate surface area is 106 Å². The summed E-state index contributed by atoms with van der Waals surface area (Å²) in [4.78, 5) is 0. The van der Waals surface area contributed by atoms with Crippen LogP contribution in [0.4, 0.5) is 23.2 Å². The Morgan fingerprint density at radius 1 is 0.947 bits per heavy atom. The maximum absolute atomic E-state index is 13.1. The highest BCUT2D eigenvalue weighted by Gasteiger charge is 2.31. The quantitative estimate of drug-likeness (QED) is 0.662. The number of anilines is 1. The van der Waals surface area contributed by atoms with E-state index in [9.17, 15) is 17.6 Å². The topological polar surface area (TPSA) is 35.2 Å². The number of nitrogens with two attached hydrogens (primary N) is 1. The van der Waals surface area contributed by atoms with Gasteiger partial charge in [-0.25, -0.2) is 4.39 Å². The summed E-state index contributed by atoms with van der Waals surface area (Å²) in [7, 11) is 0. The van der Waals surface area contributed by atoms with E-state index in [1.807, 2.05) is 0 Å². The van der Waals surface area contributed by atoms with E-state index in [1.54, 1.807) is 6.07 Å². The van der Waals surface area contributed by atoms with Gasteiger partial charge < -0.3 is 10.5 Å². The highest BCUT2D eigenvalue weighted by Crippen LogP contribution is 2.30. The summed E-state index contributed by atoms with van der Waals surface area (Å²) in [6.07, 6.45) is -4.80. The molecule has 0 amide bonds. The standard InChI is InChI=1S/C13H9F4NO/c14-10-3-1-2-8(4-10)9-5-11(18)7-12(6-9)19-13(15,16)17/h1-7H,18H2. The fourth-order valence-corrected chi connectivity index (χ4v) is 1.65. The second-order valence-electron chi connectivity index (χ2n) is 3.85. The third-order valence-corrected chi connectivity index (χ3v) is 2.32. The van der Waals surface area contributed by atoms with Crippen molar-refractivity contribution < 1.29 is 22.3 Å². The maximum atomic E-state index is 13.1. The fraction of sp³-hybridized carbons (Fsp3) is 0.0769. The lowest BCUT2D eigenvalue weighted by molar-refractivity contribution is -0.274.